The summed E-state index contributed by atoms with van der Waals surface area (Å²) in [5, 5.41) is 23.0. The van der Waals surface area contributed by atoms with E-state index in [1.54, 1.807) is 29.2 Å². The van der Waals surface area contributed by atoms with Crippen LogP contribution in [0.2, 0.25) is 0 Å². The molecule has 1 heterocycles. The van der Waals surface area contributed by atoms with Crippen LogP contribution in [0, 0.1) is 0 Å². The maximum atomic E-state index is 11.8. The molecular weight excluding hydrogens is 270 g/mol. The van der Waals surface area contributed by atoms with Crippen molar-refractivity contribution in [3.8, 4) is 5.69 Å². The zero-order valence-electron chi connectivity index (χ0n) is 11.5. The van der Waals surface area contributed by atoms with Crippen LogP contribution < -0.4 is 10.6 Å². The van der Waals surface area contributed by atoms with Gasteiger partial charge in [0.25, 0.3) is 0 Å². The maximum Gasteiger partial charge on any atom is 0.319 e. The van der Waals surface area contributed by atoms with Crippen LogP contribution in [0.3, 0.4) is 0 Å². The molecule has 2 aromatic rings. The molecule has 1 aliphatic carbocycles. The van der Waals surface area contributed by atoms with Crippen molar-refractivity contribution in [1.29, 1.82) is 0 Å². The zero-order valence-corrected chi connectivity index (χ0v) is 11.5. The molecule has 3 rings (SSSR count). The first-order valence-corrected chi connectivity index (χ1v) is 6.89. The first-order valence-electron chi connectivity index (χ1n) is 6.89. The molecule has 0 unspecified atom stereocenters. The summed E-state index contributed by atoms with van der Waals surface area (Å²) in [6.45, 7) is 0.288. The average Bonchev–Trinajstić information content (AvgIpc) is 2.98. The van der Waals surface area contributed by atoms with E-state index in [0.29, 0.717) is 5.69 Å². The Labute approximate surface area is 122 Å². The van der Waals surface area contributed by atoms with Gasteiger partial charge < -0.3 is 15.7 Å². The number of amides is 2. The maximum absolute atomic E-state index is 11.8. The molecule has 1 fully saturated rings. The predicted molar refractivity (Wildman–Crippen MR) is 77.2 cm³/mol. The zero-order chi connectivity index (χ0) is 14.7. The van der Waals surface area contributed by atoms with Crippen LogP contribution in [0.15, 0.2) is 36.7 Å². The molecule has 110 valence electrons. The minimum Gasteiger partial charge on any atom is -0.388 e. The van der Waals surface area contributed by atoms with Crippen molar-refractivity contribution in [2.24, 2.45) is 0 Å². The summed E-state index contributed by atoms with van der Waals surface area (Å²) in [5.41, 5.74) is 0.827. The van der Waals surface area contributed by atoms with E-state index in [9.17, 15) is 9.90 Å². The molecule has 0 atom stereocenters. The van der Waals surface area contributed by atoms with Gasteiger partial charge in [-0.2, -0.15) is 0 Å². The Balaban J connectivity index is 1.54. The third-order valence-corrected chi connectivity index (χ3v) is 3.67. The molecule has 0 saturated heterocycles. The van der Waals surface area contributed by atoms with Crippen molar-refractivity contribution in [3.63, 3.8) is 0 Å². The largest absolute Gasteiger partial charge is 0.388 e. The van der Waals surface area contributed by atoms with Gasteiger partial charge in [-0.25, -0.2) is 9.48 Å². The number of carbonyl (C=O) groups excluding carboxylic acids is 1. The van der Waals surface area contributed by atoms with Crippen molar-refractivity contribution in [3.05, 3.63) is 36.7 Å². The van der Waals surface area contributed by atoms with Gasteiger partial charge in [-0.15, -0.1) is 5.10 Å². The Morgan fingerprint density at radius 2 is 2.10 bits per heavy atom. The number of anilines is 1. The first-order chi connectivity index (χ1) is 10.1. The summed E-state index contributed by atoms with van der Waals surface area (Å²) < 4.78 is 1.63. The summed E-state index contributed by atoms with van der Waals surface area (Å²) in [5.74, 6) is 0. The number of aromatic nitrogens is 3. The highest BCUT2D eigenvalue weighted by Crippen LogP contribution is 2.30. The smallest absolute Gasteiger partial charge is 0.319 e. The average molecular weight is 287 g/mol. The van der Waals surface area contributed by atoms with E-state index in [1.807, 2.05) is 12.1 Å². The number of urea groups is 1. The Kier molecular flexibility index (Phi) is 3.57. The van der Waals surface area contributed by atoms with Gasteiger partial charge in [-0.1, -0.05) is 5.21 Å². The van der Waals surface area contributed by atoms with Gasteiger partial charge in [0, 0.05) is 12.2 Å². The summed E-state index contributed by atoms with van der Waals surface area (Å²) >= 11 is 0. The van der Waals surface area contributed by atoms with Crippen LogP contribution in [-0.2, 0) is 0 Å². The summed E-state index contributed by atoms with van der Waals surface area (Å²) in [6.07, 6.45) is 5.86. The molecule has 0 spiro atoms. The van der Waals surface area contributed by atoms with Crippen LogP contribution >= 0.6 is 0 Å². The fourth-order valence-electron chi connectivity index (χ4n) is 2.23. The first kappa shape index (κ1) is 13.6. The number of aliphatic hydroxyl groups is 1. The highest BCUT2D eigenvalue weighted by Gasteiger charge is 2.34. The molecule has 0 radical (unpaired) electrons. The highest BCUT2D eigenvalue weighted by atomic mass is 16.3. The normalized spacial score (nSPS) is 16.0. The van der Waals surface area contributed by atoms with Crippen molar-refractivity contribution in [1.82, 2.24) is 20.3 Å². The minimum atomic E-state index is -0.714. The molecule has 1 saturated carbocycles. The van der Waals surface area contributed by atoms with Gasteiger partial charge in [0.05, 0.1) is 23.7 Å². The number of nitrogens with zero attached hydrogens (tertiary/aromatic N) is 3. The summed E-state index contributed by atoms with van der Waals surface area (Å²) in [7, 11) is 0. The van der Waals surface area contributed by atoms with E-state index < -0.39 is 5.60 Å². The molecule has 1 aliphatic rings. The fraction of sp³-hybridized carbons (Fsp3) is 0.357. The van der Waals surface area contributed by atoms with Crippen LogP contribution in [0.5, 0.6) is 0 Å². The SMILES string of the molecule is O=C(NCC1(O)CCC1)Nc1ccc(-n2ccnn2)cc1. The number of rotatable bonds is 4. The standard InChI is InChI=1S/C14H17N5O2/c20-13(15-10-14(21)6-1-7-14)17-11-2-4-12(5-3-11)19-9-8-16-18-19/h2-5,8-9,21H,1,6-7,10H2,(H2,15,17,20). The molecule has 21 heavy (non-hydrogen) atoms. The summed E-state index contributed by atoms with van der Waals surface area (Å²) in [6, 6.07) is 6.93. The lowest BCUT2D eigenvalue weighted by atomic mass is 9.80. The highest BCUT2D eigenvalue weighted by molar-refractivity contribution is 5.89. The molecule has 3 N–H and O–H groups in total. The number of hydrogen-bond acceptors (Lipinski definition) is 4. The molecule has 0 bridgehead atoms. The second-order valence-corrected chi connectivity index (χ2v) is 5.28. The van der Waals surface area contributed by atoms with E-state index in [1.165, 1.54) is 0 Å². The van der Waals surface area contributed by atoms with Crippen LogP contribution in [0.25, 0.3) is 5.69 Å². The van der Waals surface area contributed by atoms with Crippen molar-refractivity contribution in [2.75, 3.05) is 11.9 Å². The fourth-order valence-corrected chi connectivity index (χ4v) is 2.23. The topological polar surface area (TPSA) is 92.1 Å². The Morgan fingerprint density at radius 1 is 1.33 bits per heavy atom. The van der Waals surface area contributed by atoms with E-state index in [2.05, 4.69) is 20.9 Å². The minimum absolute atomic E-state index is 0.288. The van der Waals surface area contributed by atoms with Crippen molar-refractivity contribution < 1.29 is 9.90 Å². The van der Waals surface area contributed by atoms with Gasteiger partial charge in [0.2, 0.25) is 0 Å². The van der Waals surface area contributed by atoms with Gasteiger partial charge in [0.1, 0.15) is 0 Å². The second-order valence-electron chi connectivity index (χ2n) is 5.28. The van der Waals surface area contributed by atoms with Gasteiger partial charge in [-0.3, -0.25) is 0 Å². The van der Waals surface area contributed by atoms with Gasteiger partial charge in [-0.05, 0) is 43.5 Å². The second kappa shape index (κ2) is 5.53. The number of hydrogen-bond donors (Lipinski definition) is 3. The lowest BCUT2D eigenvalue weighted by molar-refractivity contribution is -0.0287. The molecule has 7 heteroatoms. The molecule has 2 amide bonds. The predicted octanol–water partition coefficient (Wildman–Crippen LogP) is 1.30. The van der Waals surface area contributed by atoms with E-state index >= 15 is 0 Å². The van der Waals surface area contributed by atoms with E-state index in [-0.39, 0.29) is 12.6 Å². The van der Waals surface area contributed by atoms with Crippen LogP contribution in [-0.4, -0.2) is 38.3 Å². The number of benzene rings is 1. The third kappa shape index (κ3) is 3.19. The number of carbonyl (C=O) groups is 1. The monoisotopic (exact) mass is 287 g/mol. The Bertz CT molecular complexity index is 605. The number of nitrogens with one attached hydrogen (secondary N) is 2. The van der Waals surface area contributed by atoms with Crippen LogP contribution in [0.4, 0.5) is 10.5 Å². The van der Waals surface area contributed by atoms with Gasteiger partial charge in [0.15, 0.2) is 0 Å². The molecule has 0 aliphatic heterocycles. The summed E-state index contributed by atoms with van der Waals surface area (Å²) in [4.78, 5) is 11.8. The molecule has 1 aromatic carbocycles. The van der Waals surface area contributed by atoms with Gasteiger partial charge >= 0.3 is 6.03 Å². The molecular formula is C14H17N5O2. The molecule has 7 nitrogen and oxygen atoms in total. The quantitative estimate of drug-likeness (QED) is 0.790. The van der Waals surface area contributed by atoms with E-state index in [0.717, 1.165) is 24.9 Å². The van der Waals surface area contributed by atoms with E-state index in [4.69, 9.17) is 0 Å². The molecule has 1 aromatic heterocycles. The lowest BCUT2D eigenvalue weighted by Crippen LogP contribution is -2.48. The van der Waals surface area contributed by atoms with Crippen LogP contribution in [0.1, 0.15) is 19.3 Å². The lowest BCUT2D eigenvalue weighted by Gasteiger charge is -2.36. The van der Waals surface area contributed by atoms with Crippen molar-refractivity contribution >= 4 is 11.7 Å². The Hall–Kier alpha value is -2.41. The Morgan fingerprint density at radius 3 is 2.67 bits per heavy atom. The van der Waals surface area contributed by atoms with Crippen molar-refractivity contribution in [2.45, 2.75) is 24.9 Å². The third-order valence-electron chi connectivity index (χ3n) is 3.67.